The van der Waals surface area contributed by atoms with Crippen molar-refractivity contribution in [2.24, 2.45) is 16.1 Å². The highest BCUT2D eigenvalue weighted by atomic mass is 35.5. The molecule has 1 atom stereocenters. The van der Waals surface area contributed by atoms with Crippen molar-refractivity contribution in [2.75, 3.05) is 20.1 Å². The van der Waals surface area contributed by atoms with E-state index >= 15 is 0 Å². The topological polar surface area (TPSA) is 110 Å². The number of amides is 2. The van der Waals surface area contributed by atoms with E-state index in [-0.39, 0.29) is 23.6 Å². The first-order valence-corrected chi connectivity index (χ1v) is 13.9. The van der Waals surface area contributed by atoms with Crippen molar-refractivity contribution in [1.82, 2.24) is 15.6 Å². The van der Waals surface area contributed by atoms with E-state index in [9.17, 15) is 9.59 Å². The Morgan fingerprint density at radius 2 is 1.70 bits per heavy atom. The van der Waals surface area contributed by atoms with Crippen LogP contribution in [-0.4, -0.2) is 48.7 Å². The normalized spacial score (nSPS) is 15.0. The van der Waals surface area contributed by atoms with Crippen LogP contribution in [0.2, 0.25) is 5.02 Å². The summed E-state index contributed by atoms with van der Waals surface area (Å²) in [6.45, 7) is 5.19. The van der Waals surface area contributed by atoms with Gasteiger partial charge >= 0.3 is 0 Å². The van der Waals surface area contributed by atoms with Crippen LogP contribution in [0.1, 0.15) is 54.1 Å². The molecule has 1 saturated heterocycles. The molecule has 1 aliphatic heterocycles. The second kappa shape index (κ2) is 13.3. The number of amidine groups is 1. The summed E-state index contributed by atoms with van der Waals surface area (Å²) in [6.07, 6.45) is 1.74. The van der Waals surface area contributed by atoms with E-state index < -0.39 is 6.04 Å². The third kappa shape index (κ3) is 6.74. The zero-order valence-electron chi connectivity index (χ0n) is 23.0. The first-order chi connectivity index (χ1) is 19.3. The Morgan fingerprint density at radius 3 is 2.35 bits per heavy atom. The van der Waals surface area contributed by atoms with Gasteiger partial charge in [-0.25, -0.2) is 5.53 Å². The summed E-state index contributed by atoms with van der Waals surface area (Å²) >= 11 is 6.04. The number of halogens is 1. The molecule has 3 aromatic carbocycles. The summed E-state index contributed by atoms with van der Waals surface area (Å²) in [5.74, 6) is 0.176. The van der Waals surface area contributed by atoms with Crippen LogP contribution in [0.5, 0.6) is 0 Å². The van der Waals surface area contributed by atoms with E-state index in [1.54, 1.807) is 13.1 Å². The van der Waals surface area contributed by atoms with Gasteiger partial charge in [-0.15, -0.1) is 5.11 Å². The number of likely N-dealkylation sites (tertiary alicyclic amines) is 1. The molecule has 0 aliphatic carbocycles. The molecule has 1 aliphatic rings. The molecule has 8 nitrogen and oxygen atoms in total. The minimum absolute atomic E-state index is 0.0534. The first kappa shape index (κ1) is 29.0. The highest BCUT2D eigenvalue weighted by Crippen LogP contribution is 2.30. The van der Waals surface area contributed by atoms with Crippen LogP contribution in [0, 0.1) is 11.4 Å². The molecule has 0 bridgehead atoms. The van der Waals surface area contributed by atoms with Crippen molar-refractivity contribution >= 4 is 29.3 Å². The third-order valence-electron chi connectivity index (χ3n) is 7.29. The molecular weight excluding hydrogens is 524 g/mol. The molecule has 3 N–H and O–H groups in total. The molecule has 2 amide bonds. The second-order valence-electron chi connectivity index (χ2n) is 10.2. The molecule has 0 aromatic heterocycles. The van der Waals surface area contributed by atoms with Crippen molar-refractivity contribution < 1.29 is 9.59 Å². The predicted octanol–water partition coefficient (Wildman–Crippen LogP) is 6.08. The van der Waals surface area contributed by atoms with Gasteiger partial charge in [0.1, 0.15) is 6.04 Å². The highest BCUT2D eigenvalue weighted by molar-refractivity contribution is 6.30. The number of carbonyl (C=O) groups is 2. The number of piperidine rings is 1. The van der Waals surface area contributed by atoms with Crippen molar-refractivity contribution in [3.05, 3.63) is 94.5 Å². The van der Waals surface area contributed by atoms with E-state index in [0.29, 0.717) is 30.1 Å². The smallest absolute Gasteiger partial charge is 0.252 e. The van der Waals surface area contributed by atoms with Crippen LogP contribution in [0.4, 0.5) is 0 Å². The monoisotopic (exact) mass is 558 g/mol. The zero-order chi connectivity index (χ0) is 28.6. The number of hydrazone groups is 1. The van der Waals surface area contributed by atoms with Gasteiger partial charge in [-0.05, 0) is 65.6 Å². The molecule has 3 aromatic rings. The fraction of sp³-hybridized carbons (Fsp3) is 0.323. The standard InChI is InChI=1S/C31H35ClN6O2/c1-20(2)28(31(40)38-17-15-22(16-18-38)21-11-13-25(32)14-12-21)35-30(39)27-10-5-4-9-26(27)23-7-6-8-24(19-23)29(36-33)37-34-3/h4-14,19-20,22,28,33-34H,15-18H2,1-3H3,(H,35,39)/b36-33?,37-29-/t28-/m1/s1. The van der Waals surface area contributed by atoms with Crippen molar-refractivity contribution in [1.29, 1.82) is 5.53 Å². The number of nitrogens with zero attached hydrogens (tertiary/aromatic N) is 3. The van der Waals surface area contributed by atoms with E-state index in [2.05, 4.69) is 33.1 Å². The average molecular weight is 559 g/mol. The quantitative estimate of drug-likeness (QED) is 0.135. The Labute approximate surface area is 240 Å². The van der Waals surface area contributed by atoms with Gasteiger partial charge in [-0.1, -0.05) is 74.0 Å². The van der Waals surface area contributed by atoms with Crippen molar-refractivity contribution in [3.8, 4) is 11.1 Å². The summed E-state index contributed by atoms with van der Waals surface area (Å²) in [7, 11) is 1.64. The second-order valence-corrected chi connectivity index (χ2v) is 10.7. The van der Waals surface area contributed by atoms with Gasteiger partial charge in [-0.2, -0.15) is 5.10 Å². The van der Waals surface area contributed by atoms with Crippen molar-refractivity contribution in [2.45, 2.75) is 38.6 Å². The Hall–Kier alpha value is -4.04. The Balaban J connectivity index is 1.50. The molecule has 1 heterocycles. The van der Waals surface area contributed by atoms with Crippen LogP contribution in [0.25, 0.3) is 11.1 Å². The Morgan fingerprint density at radius 1 is 1.00 bits per heavy atom. The molecule has 40 heavy (non-hydrogen) atoms. The zero-order valence-corrected chi connectivity index (χ0v) is 23.8. The van der Waals surface area contributed by atoms with Crippen LogP contribution in [0.15, 0.2) is 83.0 Å². The third-order valence-corrected chi connectivity index (χ3v) is 7.55. The van der Waals surface area contributed by atoms with Gasteiger partial charge in [0.25, 0.3) is 5.91 Å². The minimum Gasteiger partial charge on any atom is -0.341 e. The lowest BCUT2D eigenvalue weighted by Gasteiger charge is -2.35. The Kier molecular flexibility index (Phi) is 9.66. The van der Waals surface area contributed by atoms with E-state index in [1.807, 2.05) is 73.3 Å². The maximum absolute atomic E-state index is 13.6. The number of carbonyl (C=O) groups excluding carboxylic acids is 2. The predicted molar refractivity (Wildman–Crippen MR) is 159 cm³/mol. The average Bonchev–Trinajstić information content (AvgIpc) is 2.98. The molecule has 0 spiro atoms. The summed E-state index contributed by atoms with van der Waals surface area (Å²) < 4.78 is 0. The van der Waals surface area contributed by atoms with Gasteiger partial charge in [-0.3, -0.25) is 9.59 Å². The maximum Gasteiger partial charge on any atom is 0.252 e. The molecular formula is C31H35ClN6O2. The lowest BCUT2D eigenvalue weighted by atomic mass is 9.89. The molecule has 9 heteroatoms. The van der Waals surface area contributed by atoms with E-state index in [4.69, 9.17) is 17.1 Å². The van der Waals surface area contributed by atoms with Crippen LogP contribution in [0.3, 0.4) is 0 Å². The molecule has 0 radical (unpaired) electrons. The lowest BCUT2D eigenvalue weighted by molar-refractivity contribution is -0.135. The lowest BCUT2D eigenvalue weighted by Crippen LogP contribution is -2.52. The number of benzene rings is 3. The maximum atomic E-state index is 13.6. The number of nitrogens with one attached hydrogen (secondary N) is 3. The number of hydrogen-bond acceptors (Lipinski definition) is 5. The summed E-state index contributed by atoms with van der Waals surface area (Å²) in [6, 6.07) is 22.0. The fourth-order valence-electron chi connectivity index (χ4n) is 5.12. The summed E-state index contributed by atoms with van der Waals surface area (Å²) in [5, 5.41) is 11.3. The van der Waals surface area contributed by atoms with Gasteiger partial charge in [0.15, 0.2) is 5.84 Å². The van der Waals surface area contributed by atoms with Gasteiger partial charge < -0.3 is 15.6 Å². The van der Waals surface area contributed by atoms with Crippen LogP contribution >= 0.6 is 11.6 Å². The van der Waals surface area contributed by atoms with Crippen LogP contribution in [-0.2, 0) is 4.79 Å². The van der Waals surface area contributed by atoms with Crippen molar-refractivity contribution in [3.63, 3.8) is 0 Å². The van der Waals surface area contributed by atoms with Gasteiger partial charge in [0.2, 0.25) is 5.91 Å². The fourth-order valence-corrected chi connectivity index (χ4v) is 5.24. The Bertz CT molecular complexity index is 1380. The number of rotatable bonds is 8. The molecule has 0 unspecified atom stereocenters. The van der Waals surface area contributed by atoms with Crippen LogP contribution < -0.4 is 10.7 Å². The highest BCUT2D eigenvalue weighted by Gasteiger charge is 2.32. The minimum atomic E-state index is -0.643. The molecule has 1 fully saturated rings. The number of hydrogen-bond donors (Lipinski definition) is 3. The van der Waals surface area contributed by atoms with Gasteiger partial charge in [0, 0.05) is 36.3 Å². The van der Waals surface area contributed by atoms with E-state index in [1.165, 1.54) is 5.56 Å². The summed E-state index contributed by atoms with van der Waals surface area (Å²) in [4.78, 5) is 29.1. The molecule has 208 valence electrons. The largest absolute Gasteiger partial charge is 0.341 e. The van der Waals surface area contributed by atoms with E-state index in [0.717, 1.165) is 29.0 Å². The molecule has 0 saturated carbocycles. The first-order valence-electron chi connectivity index (χ1n) is 13.5. The SMILES string of the molecule is CN/N=C(\N=N)c1cccc(-c2ccccc2C(=O)N[C@@H](C(=O)N2CCC(c3ccc(Cl)cc3)CC2)C(C)C)c1. The molecule has 4 rings (SSSR count). The van der Waals surface area contributed by atoms with Gasteiger partial charge in [0.05, 0.1) is 0 Å². The summed E-state index contributed by atoms with van der Waals surface area (Å²) in [5.41, 5.74) is 14.0.